The molecular formula is C32H38ClN3O4S. The maximum absolute atomic E-state index is 14.1. The van der Waals surface area contributed by atoms with Crippen LogP contribution < -0.4 is 9.62 Å². The van der Waals surface area contributed by atoms with E-state index in [1.807, 2.05) is 45.0 Å². The number of hydrogen-bond donors (Lipinski definition) is 1. The zero-order valence-electron chi connectivity index (χ0n) is 24.1. The van der Waals surface area contributed by atoms with Crippen LogP contribution in [-0.4, -0.2) is 43.8 Å². The minimum atomic E-state index is -4.15. The van der Waals surface area contributed by atoms with Crippen LogP contribution in [0.4, 0.5) is 5.69 Å². The van der Waals surface area contributed by atoms with Gasteiger partial charge in [-0.2, -0.15) is 0 Å². The Hall–Kier alpha value is -3.36. The molecule has 0 aliphatic heterocycles. The van der Waals surface area contributed by atoms with E-state index in [0.717, 1.165) is 52.2 Å². The molecule has 1 fully saturated rings. The van der Waals surface area contributed by atoms with Gasteiger partial charge in [-0.15, -0.1) is 0 Å². The van der Waals surface area contributed by atoms with Crippen LogP contribution in [0, 0.1) is 20.8 Å². The molecule has 2 amide bonds. The third kappa shape index (κ3) is 7.49. The van der Waals surface area contributed by atoms with Gasteiger partial charge in [0.1, 0.15) is 12.6 Å². The Morgan fingerprint density at radius 3 is 2.27 bits per heavy atom. The number of nitrogens with one attached hydrogen (secondary N) is 1. The topological polar surface area (TPSA) is 86.8 Å². The fourth-order valence-electron chi connectivity index (χ4n) is 5.08. The van der Waals surface area contributed by atoms with Crippen molar-refractivity contribution in [1.82, 2.24) is 10.2 Å². The van der Waals surface area contributed by atoms with Gasteiger partial charge in [-0.3, -0.25) is 13.9 Å². The molecule has 41 heavy (non-hydrogen) atoms. The van der Waals surface area contributed by atoms with Crippen molar-refractivity contribution >= 4 is 39.1 Å². The number of halogens is 1. The van der Waals surface area contributed by atoms with Gasteiger partial charge in [0.05, 0.1) is 10.6 Å². The second kappa shape index (κ2) is 13.1. The Morgan fingerprint density at radius 2 is 1.63 bits per heavy atom. The lowest BCUT2D eigenvalue weighted by Crippen LogP contribution is -2.52. The Kier molecular flexibility index (Phi) is 9.76. The monoisotopic (exact) mass is 595 g/mol. The number of carbonyl (C=O) groups excluding carboxylic acids is 2. The number of nitrogens with zero attached hydrogens (tertiary/aromatic N) is 2. The van der Waals surface area contributed by atoms with E-state index in [-0.39, 0.29) is 29.1 Å². The molecule has 0 unspecified atom stereocenters. The lowest BCUT2D eigenvalue weighted by atomic mass is 10.1. The van der Waals surface area contributed by atoms with Gasteiger partial charge in [0.2, 0.25) is 11.8 Å². The fourth-order valence-corrected chi connectivity index (χ4v) is 6.67. The summed E-state index contributed by atoms with van der Waals surface area (Å²) in [6.07, 6.45) is 3.97. The van der Waals surface area contributed by atoms with Crippen LogP contribution in [0.5, 0.6) is 0 Å². The molecule has 1 aliphatic rings. The number of benzene rings is 3. The maximum atomic E-state index is 14.1. The molecule has 9 heteroatoms. The zero-order chi connectivity index (χ0) is 29.7. The molecule has 1 N–H and O–H groups in total. The van der Waals surface area contributed by atoms with Crippen LogP contribution in [0.1, 0.15) is 54.9 Å². The number of hydrogen-bond acceptors (Lipinski definition) is 4. The van der Waals surface area contributed by atoms with Gasteiger partial charge in [0.25, 0.3) is 10.0 Å². The summed E-state index contributed by atoms with van der Waals surface area (Å²) >= 11 is 6.40. The smallest absolute Gasteiger partial charge is 0.264 e. The SMILES string of the molecule is Cc1ccc(S(=O)(=O)N(CC(=O)N(Cc2cccc(C)c2)[C@@H](C)C(=O)NC2CCCC2)c2ccc(C)c(Cl)c2)cc1. The summed E-state index contributed by atoms with van der Waals surface area (Å²) in [4.78, 5) is 29.0. The summed E-state index contributed by atoms with van der Waals surface area (Å²) in [6, 6.07) is 18.4. The van der Waals surface area contributed by atoms with Gasteiger partial charge in [-0.1, -0.05) is 78.0 Å². The number of rotatable bonds is 10. The van der Waals surface area contributed by atoms with Gasteiger partial charge < -0.3 is 10.2 Å². The van der Waals surface area contributed by atoms with E-state index in [1.165, 1.54) is 17.0 Å². The quantitative estimate of drug-likeness (QED) is 0.314. The van der Waals surface area contributed by atoms with Gasteiger partial charge in [0.15, 0.2) is 0 Å². The van der Waals surface area contributed by atoms with Crippen LogP contribution >= 0.6 is 11.6 Å². The van der Waals surface area contributed by atoms with Crippen molar-refractivity contribution in [1.29, 1.82) is 0 Å². The Morgan fingerprint density at radius 1 is 0.951 bits per heavy atom. The van der Waals surface area contributed by atoms with Crippen molar-refractivity contribution in [2.75, 3.05) is 10.8 Å². The molecule has 0 bridgehead atoms. The van der Waals surface area contributed by atoms with E-state index in [9.17, 15) is 18.0 Å². The predicted octanol–water partition coefficient (Wildman–Crippen LogP) is 5.94. The molecule has 0 spiro atoms. The van der Waals surface area contributed by atoms with E-state index in [0.29, 0.717) is 5.02 Å². The molecule has 0 aromatic heterocycles. The summed E-state index contributed by atoms with van der Waals surface area (Å²) in [5.41, 5.74) is 3.85. The third-order valence-corrected chi connectivity index (χ3v) is 9.83. The van der Waals surface area contributed by atoms with E-state index < -0.39 is 28.5 Å². The van der Waals surface area contributed by atoms with Crippen LogP contribution in [-0.2, 0) is 26.2 Å². The molecule has 1 atom stereocenters. The van der Waals surface area contributed by atoms with Crippen molar-refractivity contribution in [2.24, 2.45) is 0 Å². The van der Waals surface area contributed by atoms with Crippen LogP contribution in [0.3, 0.4) is 0 Å². The second-order valence-electron chi connectivity index (χ2n) is 10.9. The standard InChI is InChI=1S/C32H38ClN3O4S/c1-22-12-16-29(17-13-22)41(39,40)36(28-15-14-24(3)30(33)19-28)21-31(37)35(20-26-9-7-8-23(2)18-26)25(4)32(38)34-27-10-5-6-11-27/h7-9,12-19,25,27H,5-6,10-11,20-21H2,1-4H3,(H,34,38)/t25-/m0/s1. The van der Waals surface area contributed by atoms with Gasteiger partial charge in [-0.05, 0) is 75.9 Å². The number of sulfonamides is 1. The number of aryl methyl sites for hydroxylation is 3. The summed E-state index contributed by atoms with van der Waals surface area (Å²) in [5.74, 6) is -0.739. The predicted molar refractivity (Wildman–Crippen MR) is 163 cm³/mol. The highest BCUT2D eigenvalue weighted by molar-refractivity contribution is 7.92. The normalized spacial score (nSPS) is 14.5. The minimum absolute atomic E-state index is 0.0601. The van der Waals surface area contributed by atoms with Gasteiger partial charge in [-0.25, -0.2) is 8.42 Å². The molecule has 1 saturated carbocycles. The van der Waals surface area contributed by atoms with Crippen molar-refractivity contribution in [2.45, 2.75) is 76.9 Å². The average Bonchev–Trinajstić information content (AvgIpc) is 3.44. The summed E-state index contributed by atoms with van der Waals surface area (Å²) < 4.78 is 29.0. The Balaban J connectivity index is 1.70. The molecule has 218 valence electrons. The zero-order valence-corrected chi connectivity index (χ0v) is 25.6. The van der Waals surface area contributed by atoms with Gasteiger partial charge >= 0.3 is 0 Å². The van der Waals surface area contributed by atoms with E-state index >= 15 is 0 Å². The molecule has 1 aliphatic carbocycles. The molecule has 3 aromatic carbocycles. The minimum Gasteiger partial charge on any atom is -0.352 e. The highest BCUT2D eigenvalue weighted by Gasteiger charge is 2.33. The average molecular weight is 596 g/mol. The number of carbonyl (C=O) groups is 2. The van der Waals surface area contributed by atoms with Crippen molar-refractivity contribution < 1.29 is 18.0 Å². The Bertz CT molecular complexity index is 1500. The molecule has 3 aromatic rings. The number of anilines is 1. The largest absolute Gasteiger partial charge is 0.352 e. The van der Waals surface area contributed by atoms with E-state index in [4.69, 9.17) is 11.6 Å². The second-order valence-corrected chi connectivity index (χ2v) is 13.2. The molecule has 4 rings (SSSR count). The third-order valence-electron chi connectivity index (χ3n) is 7.64. The molecule has 7 nitrogen and oxygen atoms in total. The van der Waals surface area contributed by atoms with Crippen LogP contribution in [0.25, 0.3) is 0 Å². The highest BCUT2D eigenvalue weighted by atomic mass is 35.5. The Labute approximate surface area is 248 Å². The van der Waals surface area contributed by atoms with Crippen LogP contribution in [0.2, 0.25) is 5.02 Å². The first kappa shape index (κ1) is 30.6. The first-order valence-electron chi connectivity index (χ1n) is 14.0. The van der Waals surface area contributed by atoms with Crippen molar-refractivity contribution in [3.05, 3.63) is 94.0 Å². The molecular weight excluding hydrogens is 558 g/mol. The molecule has 0 saturated heterocycles. The van der Waals surface area contributed by atoms with Crippen molar-refractivity contribution in [3.63, 3.8) is 0 Å². The fraction of sp³-hybridized carbons (Fsp3) is 0.375. The first-order valence-corrected chi connectivity index (χ1v) is 15.8. The lowest BCUT2D eigenvalue weighted by Gasteiger charge is -2.32. The highest BCUT2D eigenvalue weighted by Crippen LogP contribution is 2.29. The van der Waals surface area contributed by atoms with E-state index in [1.54, 1.807) is 37.3 Å². The lowest BCUT2D eigenvalue weighted by molar-refractivity contribution is -0.139. The van der Waals surface area contributed by atoms with E-state index in [2.05, 4.69) is 5.32 Å². The van der Waals surface area contributed by atoms with Gasteiger partial charge in [0, 0.05) is 17.6 Å². The number of amides is 2. The van der Waals surface area contributed by atoms with Crippen LogP contribution in [0.15, 0.2) is 71.6 Å². The maximum Gasteiger partial charge on any atom is 0.264 e. The first-order chi connectivity index (χ1) is 19.5. The molecule has 0 radical (unpaired) electrons. The summed E-state index contributed by atoms with van der Waals surface area (Å²) in [5, 5.41) is 3.48. The van der Waals surface area contributed by atoms with Crippen molar-refractivity contribution in [3.8, 4) is 0 Å². The summed E-state index contributed by atoms with van der Waals surface area (Å²) in [6.45, 7) is 7.01. The summed E-state index contributed by atoms with van der Waals surface area (Å²) in [7, 11) is -4.15. The molecule has 0 heterocycles.